The highest BCUT2D eigenvalue weighted by Gasteiger charge is 2.30. The van der Waals surface area contributed by atoms with Crippen LogP contribution in [-0.2, 0) is 0 Å². The van der Waals surface area contributed by atoms with Crippen molar-refractivity contribution in [3.63, 3.8) is 0 Å². The van der Waals surface area contributed by atoms with Gasteiger partial charge in [0.15, 0.2) is 0 Å². The summed E-state index contributed by atoms with van der Waals surface area (Å²) in [5, 5.41) is 0. The van der Waals surface area contributed by atoms with E-state index >= 15 is 0 Å². The van der Waals surface area contributed by atoms with E-state index in [9.17, 15) is 0 Å². The smallest absolute Gasteiger partial charge is 0.488 e. The Morgan fingerprint density at radius 3 is 1.23 bits per heavy atom. The summed E-state index contributed by atoms with van der Waals surface area (Å²) in [5.41, 5.74) is 0. The minimum Gasteiger partial charge on any atom is -0.488 e. The van der Waals surface area contributed by atoms with E-state index in [1.54, 1.807) is 73.6 Å². The molecule has 3 aromatic rings. The molecule has 6 nitrogen and oxygen atoms in total. The molecule has 3 aromatic heterocycles. The largest absolute Gasteiger partial charge is 0.864 e. The first-order chi connectivity index (χ1) is 10.9. The van der Waals surface area contributed by atoms with Crippen LogP contribution in [0.25, 0.3) is 0 Å². The lowest BCUT2D eigenvalue weighted by molar-refractivity contribution is 0.306. The van der Waals surface area contributed by atoms with E-state index < -0.39 is 7.32 Å². The van der Waals surface area contributed by atoms with Gasteiger partial charge in [-0.1, -0.05) is 0 Å². The van der Waals surface area contributed by atoms with Crippen molar-refractivity contribution in [1.82, 2.24) is 15.0 Å². The number of pyridine rings is 3. The molecule has 0 spiro atoms. The van der Waals surface area contributed by atoms with Crippen molar-refractivity contribution in [2.75, 3.05) is 0 Å². The zero-order valence-electron chi connectivity index (χ0n) is 11.6. The monoisotopic (exact) mass is 293 g/mol. The third-order valence-corrected chi connectivity index (χ3v) is 2.60. The fraction of sp³-hybridized carbons (Fsp3) is 0. The van der Waals surface area contributed by atoms with Crippen molar-refractivity contribution in [2.45, 2.75) is 0 Å². The van der Waals surface area contributed by atoms with Crippen LogP contribution in [0, 0.1) is 0 Å². The Morgan fingerprint density at radius 2 is 0.955 bits per heavy atom. The number of aromatic nitrogens is 3. The maximum absolute atomic E-state index is 5.66. The van der Waals surface area contributed by atoms with Crippen LogP contribution in [0.3, 0.4) is 0 Å². The number of hydrogen-bond acceptors (Lipinski definition) is 6. The molecule has 0 saturated carbocycles. The second-order valence-corrected chi connectivity index (χ2v) is 4.21. The van der Waals surface area contributed by atoms with Crippen LogP contribution >= 0.6 is 0 Å². The second-order valence-electron chi connectivity index (χ2n) is 4.21. The molecular formula is C15H12BN3O3. The van der Waals surface area contributed by atoms with Crippen molar-refractivity contribution in [3.8, 4) is 17.2 Å². The molecule has 0 radical (unpaired) electrons. The third kappa shape index (κ3) is 3.95. The summed E-state index contributed by atoms with van der Waals surface area (Å²) >= 11 is 0. The zero-order valence-corrected chi connectivity index (χ0v) is 11.6. The topological polar surface area (TPSA) is 66.4 Å². The van der Waals surface area contributed by atoms with Crippen LogP contribution in [0.5, 0.6) is 17.2 Å². The molecule has 22 heavy (non-hydrogen) atoms. The van der Waals surface area contributed by atoms with Crippen LogP contribution in [0.1, 0.15) is 0 Å². The van der Waals surface area contributed by atoms with Gasteiger partial charge in [-0.2, -0.15) is 0 Å². The Kier molecular flexibility index (Phi) is 4.46. The Morgan fingerprint density at radius 1 is 0.591 bits per heavy atom. The summed E-state index contributed by atoms with van der Waals surface area (Å²) < 4.78 is 17.0. The van der Waals surface area contributed by atoms with Crippen molar-refractivity contribution >= 4 is 7.32 Å². The average molecular weight is 293 g/mol. The maximum Gasteiger partial charge on any atom is 0.864 e. The molecule has 108 valence electrons. The quantitative estimate of drug-likeness (QED) is 0.650. The van der Waals surface area contributed by atoms with Gasteiger partial charge in [0.25, 0.3) is 0 Å². The molecular weight excluding hydrogens is 281 g/mol. The molecule has 0 N–H and O–H groups in total. The van der Waals surface area contributed by atoms with Crippen LogP contribution in [0.15, 0.2) is 73.6 Å². The highest BCUT2D eigenvalue weighted by Crippen LogP contribution is 2.15. The lowest BCUT2D eigenvalue weighted by Crippen LogP contribution is -2.37. The molecule has 7 heteroatoms. The summed E-state index contributed by atoms with van der Waals surface area (Å²) in [4.78, 5) is 12.0. The normalized spacial score (nSPS) is 9.82. The van der Waals surface area contributed by atoms with E-state index in [0.717, 1.165) is 0 Å². The van der Waals surface area contributed by atoms with Gasteiger partial charge in [-0.3, -0.25) is 15.0 Å². The van der Waals surface area contributed by atoms with Gasteiger partial charge in [-0.25, -0.2) is 0 Å². The summed E-state index contributed by atoms with van der Waals surface area (Å²) in [5.74, 6) is 1.58. The van der Waals surface area contributed by atoms with Crippen LogP contribution in [0.2, 0.25) is 0 Å². The van der Waals surface area contributed by atoms with Crippen LogP contribution in [0.4, 0.5) is 0 Å². The Balaban J connectivity index is 1.75. The lowest BCUT2D eigenvalue weighted by atomic mass is 10.2. The number of hydrogen-bond donors (Lipinski definition) is 0. The summed E-state index contributed by atoms with van der Waals surface area (Å²) in [6.07, 6.45) is 9.70. The van der Waals surface area contributed by atoms with Crippen molar-refractivity contribution in [3.05, 3.63) is 73.6 Å². The molecule has 0 fully saturated rings. The summed E-state index contributed by atoms with van der Waals surface area (Å²) in [6, 6.07) is 10.6. The van der Waals surface area contributed by atoms with Gasteiger partial charge >= 0.3 is 7.32 Å². The van der Waals surface area contributed by atoms with E-state index in [1.807, 2.05) is 0 Å². The van der Waals surface area contributed by atoms with Gasteiger partial charge < -0.3 is 14.0 Å². The van der Waals surface area contributed by atoms with Crippen molar-refractivity contribution in [2.24, 2.45) is 0 Å². The summed E-state index contributed by atoms with van der Waals surface area (Å²) in [6.45, 7) is 0. The average Bonchev–Trinajstić information content (AvgIpc) is 2.57. The predicted octanol–water partition coefficient (Wildman–Crippen LogP) is 2.39. The van der Waals surface area contributed by atoms with E-state index in [4.69, 9.17) is 14.0 Å². The molecule has 0 saturated heterocycles. The molecule has 0 atom stereocenters. The Labute approximate surface area is 127 Å². The molecule has 0 unspecified atom stereocenters. The standard InChI is InChI=1S/C15H12BN3O3/c1-4-13(10-17-7-1)20-16(21-14-5-2-8-18-11-14)22-15-6-3-9-19-12-15/h1-12H. The molecule has 3 heterocycles. The van der Waals surface area contributed by atoms with E-state index in [0.29, 0.717) is 17.2 Å². The van der Waals surface area contributed by atoms with Gasteiger partial charge in [0.05, 0.1) is 18.6 Å². The van der Waals surface area contributed by atoms with Crippen molar-refractivity contribution < 1.29 is 14.0 Å². The molecule has 0 aliphatic rings. The van der Waals surface area contributed by atoms with Gasteiger partial charge in [-0.05, 0) is 36.4 Å². The molecule has 0 aliphatic carbocycles. The molecule has 0 bridgehead atoms. The maximum atomic E-state index is 5.66. The first kappa shape index (κ1) is 13.9. The molecule has 0 aromatic carbocycles. The zero-order chi connectivity index (χ0) is 15.0. The van der Waals surface area contributed by atoms with Gasteiger partial charge in [0.1, 0.15) is 17.2 Å². The fourth-order valence-corrected chi connectivity index (χ4v) is 1.66. The first-order valence-corrected chi connectivity index (χ1v) is 6.60. The third-order valence-electron chi connectivity index (χ3n) is 2.60. The van der Waals surface area contributed by atoms with E-state index in [-0.39, 0.29) is 0 Å². The Bertz CT molecular complexity index is 588. The summed E-state index contributed by atoms with van der Waals surface area (Å²) in [7, 11) is -0.988. The Hall–Kier alpha value is -3.09. The highest BCUT2D eigenvalue weighted by molar-refractivity contribution is 6.39. The van der Waals surface area contributed by atoms with Gasteiger partial charge in [0, 0.05) is 18.6 Å². The fourth-order valence-electron chi connectivity index (χ4n) is 1.66. The highest BCUT2D eigenvalue weighted by atomic mass is 16.7. The second kappa shape index (κ2) is 7.08. The van der Waals surface area contributed by atoms with Crippen molar-refractivity contribution in [1.29, 1.82) is 0 Å². The SMILES string of the molecule is c1cncc(OB(Oc2cccnc2)Oc2cccnc2)c1. The van der Waals surface area contributed by atoms with Crippen LogP contribution < -0.4 is 14.0 Å². The molecule has 3 rings (SSSR count). The number of rotatable bonds is 6. The number of nitrogens with zero attached hydrogens (tertiary/aromatic N) is 3. The van der Waals surface area contributed by atoms with Crippen LogP contribution in [-0.4, -0.2) is 22.3 Å². The minimum atomic E-state index is -0.988. The van der Waals surface area contributed by atoms with E-state index in [1.165, 1.54) is 0 Å². The molecule has 0 amide bonds. The minimum absolute atomic E-state index is 0.528. The first-order valence-electron chi connectivity index (χ1n) is 6.60. The van der Waals surface area contributed by atoms with Gasteiger partial charge in [-0.15, -0.1) is 0 Å². The predicted molar refractivity (Wildman–Crippen MR) is 80.3 cm³/mol. The molecule has 0 aliphatic heterocycles. The van der Waals surface area contributed by atoms with E-state index in [2.05, 4.69) is 15.0 Å². The lowest BCUT2D eigenvalue weighted by Gasteiger charge is -2.15. The van der Waals surface area contributed by atoms with Gasteiger partial charge in [0.2, 0.25) is 0 Å².